The minimum absolute atomic E-state index is 0.350. The van der Waals surface area contributed by atoms with Crippen molar-refractivity contribution in [1.29, 1.82) is 0 Å². The molecule has 2 aromatic carbocycles. The average Bonchev–Trinajstić information content (AvgIpc) is 2.51. The summed E-state index contributed by atoms with van der Waals surface area (Å²) in [6.07, 6.45) is 1.99. The molecule has 1 unspecified atom stereocenters. The van der Waals surface area contributed by atoms with Gasteiger partial charge in [0.2, 0.25) is 0 Å². The van der Waals surface area contributed by atoms with Gasteiger partial charge >= 0.3 is 0 Å². The minimum atomic E-state index is 0.350. The lowest BCUT2D eigenvalue weighted by atomic mass is 10.0. The van der Waals surface area contributed by atoms with Gasteiger partial charge in [-0.05, 0) is 25.1 Å². The molecule has 2 aromatic rings. The predicted molar refractivity (Wildman–Crippen MR) is 84.2 cm³/mol. The van der Waals surface area contributed by atoms with Crippen molar-refractivity contribution in [2.45, 2.75) is 25.8 Å². The van der Waals surface area contributed by atoms with E-state index in [1.54, 1.807) is 0 Å². The second kappa shape index (κ2) is 7.71. The van der Waals surface area contributed by atoms with E-state index in [-0.39, 0.29) is 0 Å². The maximum atomic E-state index is 5.99. The van der Waals surface area contributed by atoms with Gasteiger partial charge in [-0.1, -0.05) is 55.5 Å². The largest absolute Gasteiger partial charge is 0.493 e. The first kappa shape index (κ1) is 14.6. The Morgan fingerprint density at radius 2 is 1.70 bits per heavy atom. The number of nitrogens with one attached hydrogen (secondary N) is 1. The average molecular weight is 269 g/mol. The van der Waals surface area contributed by atoms with Gasteiger partial charge in [-0.25, -0.2) is 0 Å². The minimum Gasteiger partial charge on any atom is -0.493 e. The first-order valence-electron chi connectivity index (χ1n) is 7.28. The van der Waals surface area contributed by atoms with Crippen molar-refractivity contribution in [2.75, 3.05) is 13.7 Å². The lowest BCUT2D eigenvalue weighted by Gasteiger charge is -2.18. The standard InChI is InChI=1S/C18H23NO/c1-3-17(19-2)16-11-7-8-12-18(16)20-14-13-15-9-5-4-6-10-15/h4-12,17,19H,3,13-14H2,1-2H3. The number of rotatable bonds is 7. The van der Waals surface area contributed by atoms with Crippen LogP contribution in [0.1, 0.15) is 30.5 Å². The van der Waals surface area contributed by atoms with Crippen molar-refractivity contribution >= 4 is 0 Å². The summed E-state index contributed by atoms with van der Waals surface area (Å²) >= 11 is 0. The van der Waals surface area contributed by atoms with Crippen LogP contribution >= 0.6 is 0 Å². The van der Waals surface area contributed by atoms with Crippen molar-refractivity contribution in [3.8, 4) is 5.75 Å². The van der Waals surface area contributed by atoms with E-state index >= 15 is 0 Å². The predicted octanol–water partition coefficient (Wildman–Crippen LogP) is 3.98. The Labute approximate surface area is 121 Å². The molecule has 0 saturated carbocycles. The van der Waals surface area contributed by atoms with Crippen LogP contribution in [-0.2, 0) is 6.42 Å². The molecule has 0 aliphatic carbocycles. The molecule has 2 heteroatoms. The first-order chi connectivity index (χ1) is 9.85. The summed E-state index contributed by atoms with van der Waals surface area (Å²) < 4.78 is 5.99. The van der Waals surface area contributed by atoms with Gasteiger partial charge in [0.25, 0.3) is 0 Å². The summed E-state index contributed by atoms with van der Waals surface area (Å²) in [5.74, 6) is 0.990. The zero-order valence-electron chi connectivity index (χ0n) is 12.3. The maximum Gasteiger partial charge on any atom is 0.124 e. The zero-order valence-corrected chi connectivity index (χ0v) is 12.3. The summed E-state index contributed by atoms with van der Waals surface area (Å²) in [5.41, 5.74) is 2.55. The fourth-order valence-corrected chi connectivity index (χ4v) is 2.40. The fraction of sp³-hybridized carbons (Fsp3) is 0.333. The molecular weight excluding hydrogens is 246 g/mol. The van der Waals surface area contributed by atoms with E-state index in [2.05, 4.69) is 54.7 Å². The lowest BCUT2D eigenvalue weighted by molar-refractivity contribution is 0.314. The van der Waals surface area contributed by atoms with E-state index < -0.39 is 0 Å². The molecule has 0 radical (unpaired) electrons. The monoisotopic (exact) mass is 269 g/mol. The fourth-order valence-electron chi connectivity index (χ4n) is 2.40. The van der Waals surface area contributed by atoms with Gasteiger partial charge in [0, 0.05) is 18.0 Å². The summed E-state index contributed by atoms with van der Waals surface area (Å²) in [6.45, 7) is 2.89. The Balaban J connectivity index is 1.99. The van der Waals surface area contributed by atoms with Crippen LogP contribution in [0.2, 0.25) is 0 Å². The molecule has 0 heterocycles. The highest BCUT2D eigenvalue weighted by Crippen LogP contribution is 2.26. The molecule has 2 nitrogen and oxygen atoms in total. The van der Waals surface area contributed by atoms with E-state index in [9.17, 15) is 0 Å². The van der Waals surface area contributed by atoms with Gasteiger partial charge in [-0.3, -0.25) is 0 Å². The van der Waals surface area contributed by atoms with Crippen molar-refractivity contribution in [3.05, 3.63) is 65.7 Å². The van der Waals surface area contributed by atoms with Gasteiger partial charge < -0.3 is 10.1 Å². The van der Waals surface area contributed by atoms with Gasteiger partial charge in [0.1, 0.15) is 5.75 Å². The first-order valence-corrected chi connectivity index (χ1v) is 7.28. The lowest BCUT2D eigenvalue weighted by Crippen LogP contribution is -2.16. The van der Waals surface area contributed by atoms with Gasteiger partial charge in [-0.2, -0.15) is 0 Å². The van der Waals surface area contributed by atoms with E-state index in [1.807, 2.05) is 19.2 Å². The van der Waals surface area contributed by atoms with Gasteiger partial charge in [0.05, 0.1) is 6.61 Å². The third-order valence-electron chi connectivity index (χ3n) is 3.54. The van der Waals surface area contributed by atoms with Crippen LogP contribution in [0, 0.1) is 0 Å². The van der Waals surface area contributed by atoms with Gasteiger partial charge in [0.15, 0.2) is 0 Å². The number of benzene rings is 2. The van der Waals surface area contributed by atoms with Crippen molar-refractivity contribution < 1.29 is 4.74 Å². The quantitative estimate of drug-likeness (QED) is 0.821. The maximum absolute atomic E-state index is 5.99. The van der Waals surface area contributed by atoms with E-state index in [4.69, 9.17) is 4.74 Å². The van der Waals surface area contributed by atoms with E-state index in [1.165, 1.54) is 11.1 Å². The van der Waals surface area contributed by atoms with Crippen LogP contribution in [-0.4, -0.2) is 13.7 Å². The molecule has 1 atom stereocenters. The molecule has 0 aliphatic rings. The number of ether oxygens (including phenoxy) is 1. The van der Waals surface area contributed by atoms with E-state index in [0.717, 1.165) is 18.6 Å². The number of hydrogen-bond donors (Lipinski definition) is 1. The van der Waals surface area contributed by atoms with Crippen molar-refractivity contribution in [3.63, 3.8) is 0 Å². The number of para-hydroxylation sites is 1. The number of hydrogen-bond acceptors (Lipinski definition) is 2. The van der Waals surface area contributed by atoms with Crippen LogP contribution in [0.5, 0.6) is 5.75 Å². The molecule has 0 aliphatic heterocycles. The smallest absolute Gasteiger partial charge is 0.124 e. The summed E-state index contributed by atoms with van der Waals surface area (Å²) in [6, 6.07) is 19.1. The summed E-state index contributed by atoms with van der Waals surface area (Å²) in [4.78, 5) is 0. The van der Waals surface area contributed by atoms with Crippen LogP contribution < -0.4 is 10.1 Å². The third kappa shape index (κ3) is 3.84. The molecule has 0 amide bonds. The Morgan fingerprint density at radius 1 is 1.00 bits per heavy atom. The van der Waals surface area contributed by atoms with Gasteiger partial charge in [-0.15, -0.1) is 0 Å². The Hall–Kier alpha value is -1.80. The Bertz CT molecular complexity index is 506. The second-order valence-electron chi connectivity index (χ2n) is 4.87. The van der Waals surface area contributed by atoms with E-state index in [0.29, 0.717) is 12.6 Å². The van der Waals surface area contributed by atoms with Crippen LogP contribution in [0.15, 0.2) is 54.6 Å². The van der Waals surface area contributed by atoms with Crippen molar-refractivity contribution in [2.24, 2.45) is 0 Å². The molecule has 1 N–H and O–H groups in total. The highest BCUT2D eigenvalue weighted by Gasteiger charge is 2.11. The second-order valence-corrected chi connectivity index (χ2v) is 4.87. The highest BCUT2D eigenvalue weighted by molar-refractivity contribution is 5.36. The van der Waals surface area contributed by atoms with Crippen molar-refractivity contribution in [1.82, 2.24) is 5.32 Å². The molecule has 2 rings (SSSR count). The van der Waals surface area contributed by atoms with Crippen LogP contribution in [0.25, 0.3) is 0 Å². The topological polar surface area (TPSA) is 21.3 Å². The summed E-state index contributed by atoms with van der Waals surface area (Å²) in [7, 11) is 1.99. The Kier molecular flexibility index (Phi) is 5.63. The molecule has 0 bridgehead atoms. The molecule has 0 saturated heterocycles. The third-order valence-corrected chi connectivity index (χ3v) is 3.54. The highest BCUT2D eigenvalue weighted by atomic mass is 16.5. The zero-order chi connectivity index (χ0) is 14.2. The SMILES string of the molecule is CCC(NC)c1ccccc1OCCc1ccccc1. The van der Waals surface area contributed by atoms with Crippen LogP contribution in [0.4, 0.5) is 0 Å². The molecule has 106 valence electrons. The molecule has 0 fully saturated rings. The van der Waals surface area contributed by atoms with Crippen LogP contribution in [0.3, 0.4) is 0 Å². The normalized spacial score (nSPS) is 12.1. The molecule has 0 spiro atoms. The Morgan fingerprint density at radius 3 is 2.40 bits per heavy atom. The molecule has 0 aromatic heterocycles. The molecular formula is C18H23NO. The molecule has 20 heavy (non-hydrogen) atoms. The summed E-state index contributed by atoms with van der Waals surface area (Å²) in [5, 5.41) is 3.34.